The van der Waals surface area contributed by atoms with Crippen LogP contribution in [-0.2, 0) is 21.2 Å². The van der Waals surface area contributed by atoms with E-state index in [-0.39, 0.29) is 6.54 Å². The van der Waals surface area contributed by atoms with Gasteiger partial charge in [0.15, 0.2) is 0 Å². The maximum atomic E-state index is 12.1. The van der Waals surface area contributed by atoms with Crippen molar-refractivity contribution in [3.8, 4) is 0 Å². The van der Waals surface area contributed by atoms with E-state index < -0.39 is 10.0 Å². The lowest BCUT2D eigenvalue weighted by molar-refractivity contribution is 0.162. The zero-order valence-electron chi connectivity index (χ0n) is 11.6. The van der Waals surface area contributed by atoms with Crippen LogP contribution in [-0.4, -0.2) is 34.7 Å². The summed E-state index contributed by atoms with van der Waals surface area (Å²) < 4.78 is 32.1. The molecule has 1 aliphatic heterocycles. The third-order valence-electron chi connectivity index (χ3n) is 2.98. The highest BCUT2D eigenvalue weighted by Gasteiger charge is 2.17. The fraction of sp³-hybridized carbons (Fsp3) is 0.429. The SMILES string of the molecule is C=C(C)COCCNS(=O)(=O)c1ccc2c(c1)CCN2. The maximum absolute atomic E-state index is 12.1. The van der Waals surface area contributed by atoms with E-state index in [9.17, 15) is 8.42 Å². The van der Waals surface area contributed by atoms with Crippen LogP contribution in [0.3, 0.4) is 0 Å². The van der Waals surface area contributed by atoms with Crippen LogP contribution in [0.1, 0.15) is 12.5 Å². The molecule has 0 spiro atoms. The van der Waals surface area contributed by atoms with Crippen LogP contribution < -0.4 is 10.0 Å². The number of anilines is 1. The Balaban J connectivity index is 1.91. The first-order valence-corrected chi connectivity index (χ1v) is 8.06. The summed E-state index contributed by atoms with van der Waals surface area (Å²) in [4.78, 5) is 0.305. The fourth-order valence-corrected chi connectivity index (χ4v) is 3.09. The molecule has 0 radical (unpaired) electrons. The summed E-state index contributed by atoms with van der Waals surface area (Å²) in [6.07, 6.45) is 0.862. The number of ether oxygens (including phenoxy) is 1. The number of hydrogen-bond donors (Lipinski definition) is 2. The topological polar surface area (TPSA) is 67.4 Å². The highest BCUT2D eigenvalue weighted by Crippen LogP contribution is 2.24. The first-order chi connectivity index (χ1) is 9.49. The molecule has 1 aromatic carbocycles. The molecule has 1 aromatic rings. The quantitative estimate of drug-likeness (QED) is 0.591. The Morgan fingerprint density at radius 1 is 1.50 bits per heavy atom. The lowest BCUT2D eigenvalue weighted by Gasteiger charge is -2.09. The summed E-state index contributed by atoms with van der Waals surface area (Å²) in [5.74, 6) is 0. The van der Waals surface area contributed by atoms with Crippen LogP contribution in [0.2, 0.25) is 0 Å². The molecule has 110 valence electrons. The Bertz CT molecular complexity index is 596. The highest BCUT2D eigenvalue weighted by molar-refractivity contribution is 7.89. The average molecular weight is 296 g/mol. The van der Waals surface area contributed by atoms with Crippen LogP contribution >= 0.6 is 0 Å². The molecule has 0 aliphatic carbocycles. The highest BCUT2D eigenvalue weighted by atomic mass is 32.2. The van der Waals surface area contributed by atoms with Crippen molar-refractivity contribution in [3.63, 3.8) is 0 Å². The Labute approximate surface area is 120 Å². The summed E-state index contributed by atoms with van der Waals surface area (Å²) in [6, 6.07) is 5.16. The molecule has 0 fully saturated rings. The van der Waals surface area contributed by atoms with Gasteiger partial charge in [0, 0.05) is 18.8 Å². The van der Waals surface area contributed by atoms with E-state index >= 15 is 0 Å². The van der Waals surface area contributed by atoms with Crippen molar-refractivity contribution in [2.24, 2.45) is 0 Å². The molecule has 2 rings (SSSR count). The monoisotopic (exact) mass is 296 g/mol. The lowest BCUT2D eigenvalue weighted by Crippen LogP contribution is -2.27. The minimum Gasteiger partial charge on any atom is -0.384 e. The standard InChI is InChI=1S/C14H20N2O3S/c1-11(2)10-19-8-7-16-20(17,18)13-3-4-14-12(9-13)5-6-15-14/h3-4,9,15-16H,1,5-8,10H2,2H3. The van der Waals surface area contributed by atoms with E-state index in [0.717, 1.165) is 29.8 Å². The van der Waals surface area contributed by atoms with Crippen LogP contribution in [0, 0.1) is 0 Å². The van der Waals surface area contributed by atoms with E-state index in [1.165, 1.54) is 0 Å². The first kappa shape index (κ1) is 15.0. The Morgan fingerprint density at radius 2 is 2.30 bits per heavy atom. The molecule has 0 amide bonds. The second-order valence-corrected chi connectivity index (χ2v) is 6.67. The number of hydrogen-bond acceptors (Lipinski definition) is 4. The number of rotatable bonds is 7. The van der Waals surface area contributed by atoms with Gasteiger partial charge < -0.3 is 10.1 Å². The second kappa shape index (κ2) is 6.39. The molecule has 0 bridgehead atoms. The van der Waals surface area contributed by atoms with Crippen molar-refractivity contribution >= 4 is 15.7 Å². The van der Waals surface area contributed by atoms with Crippen LogP contribution in [0.4, 0.5) is 5.69 Å². The third kappa shape index (κ3) is 3.82. The Hall–Kier alpha value is -1.37. The molecule has 1 heterocycles. The summed E-state index contributed by atoms with van der Waals surface area (Å²) >= 11 is 0. The predicted molar refractivity (Wildman–Crippen MR) is 79.5 cm³/mol. The lowest BCUT2D eigenvalue weighted by atomic mass is 10.2. The van der Waals surface area contributed by atoms with Gasteiger partial charge >= 0.3 is 0 Å². The average Bonchev–Trinajstić information content (AvgIpc) is 2.85. The molecule has 20 heavy (non-hydrogen) atoms. The van der Waals surface area contributed by atoms with Gasteiger partial charge in [-0.25, -0.2) is 13.1 Å². The number of sulfonamides is 1. The van der Waals surface area contributed by atoms with Gasteiger partial charge in [-0.05, 0) is 37.1 Å². The minimum atomic E-state index is -3.46. The fourth-order valence-electron chi connectivity index (χ4n) is 2.03. The van der Waals surface area contributed by atoms with Crippen molar-refractivity contribution in [1.82, 2.24) is 4.72 Å². The number of benzene rings is 1. The van der Waals surface area contributed by atoms with Gasteiger partial charge in [-0.3, -0.25) is 0 Å². The van der Waals surface area contributed by atoms with E-state index in [1.807, 2.05) is 13.0 Å². The van der Waals surface area contributed by atoms with E-state index in [0.29, 0.717) is 18.1 Å². The van der Waals surface area contributed by atoms with E-state index in [1.54, 1.807) is 12.1 Å². The van der Waals surface area contributed by atoms with Gasteiger partial charge in [-0.15, -0.1) is 0 Å². The van der Waals surface area contributed by atoms with Crippen molar-refractivity contribution in [2.75, 3.05) is 31.6 Å². The van der Waals surface area contributed by atoms with Gasteiger partial charge in [0.2, 0.25) is 10.0 Å². The molecular formula is C14H20N2O3S. The summed E-state index contributed by atoms with van der Waals surface area (Å²) in [7, 11) is -3.46. The van der Waals surface area contributed by atoms with Crippen molar-refractivity contribution in [2.45, 2.75) is 18.2 Å². The molecule has 0 unspecified atom stereocenters. The molecule has 6 heteroatoms. The van der Waals surface area contributed by atoms with Gasteiger partial charge in [0.1, 0.15) is 0 Å². The summed E-state index contributed by atoms with van der Waals surface area (Å²) in [5.41, 5.74) is 2.99. The van der Waals surface area contributed by atoms with Gasteiger partial charge in [0.05, 0.1) is 18.1 Å². The van der Waals surface area contributed by atoms with Crippen LogP contribution in [0.25, 0.3) is 0 Å². The van der Waals surface area contributed by atoms with Gasteiger partial charge in [0.25, 0.3) is 0 Å². The zero-order valence-corrected chi connectivity index (χ0v) is 12.4. The number of fused-ring (bicyclic) bond motifs is 1. The summed E-state index contributed by atoms with van der Waals surface area (Å²) in [6.45, 7) is 7.48. The number of nitrogens with one attached hydrogen (secondary N) is 2. The predicted octanol–water partition coefficient (Wildman–Crippen LogP) is 1.53. The first-order valence-electron chi connectivity index (χ1n) is 6.57. The van der Waals surface area contributed by atoms with Crippen molar-refractivity contribution in [3.05, 3.63) is 35.9 Å². The molecule has 5 nitrogen and oxygen atoms in total. The molecule has 0 aromatic heterocycles. The normalized spacial score (nSPS) is 13.8. The Morgan fingerprint density at radius 3 is 3.05 bits per heavy atom. The van der Waals surface area contributed by atoms with Crippen molar-refractivity contribution < 1.29 is 13.2 Å². The molecule has 2 N–H and O–H groups in total. The van der Waals surface area contributed by atoms with E-state index in [2.05, 4.69) is 16.6 Å². The van der Waals surface area contributed by atoms with Crippen LogP contribution in [0.5, 0.6) is 0 Å². The van der Waals surface area contributed by atoms with E-state index in [4.69, 9.17) is 4.74 Å². The Kier molecular flexibility index (Phi) is 4.80. The van der Waals surface area contributed by atoms with Gasteiger partial charge in [-0.1, -0.05) is 12.2 Å². The molecular weight excluding hydrogens is 276 g/mol. The molecule has 0 saturated carbocycles. The minimum absolute atomic E-state index is 0.255. The molecule has 0 atom stereocenters. The smallest absolute Gasteiger partial charge is 0.240 e. The van der Waals surface area contributed by atoms with Crippen molar-refractivity contribution in [1.29, 1.82) is 0 Å². The third-order valence-corrected chi connectivity index (χ3v) is 4.44. The molecule has 0 saturated heterocycles. The largest absolute Gasteiger partial charge is 0.384 e. The maximum Gasteiger partial charge on any atom is 0.240 e. The zero-order chi connectivity index (χ0) is 14.6. The van der Waals surface area contributed by atoms with Gasteiger partial charge in [-0.2, -0.15) is 0 Å². The summed E-state index contributed by atoms with van der Waals surface area (Å²) in [5, 5.41) is 3.21. The molecule has 1 aliphatic rings. The second-order valence-electron chi connectivity index (χ2n) is 4.90. The van der Waals surface area contributed by atoms with Crippen LogP contribution in [0.15, 0.2) is 35.2 Å².